The van der Waals surface area contributed by atoms with Gasteiger partial charge in [0.05, 0.1) is 5.82 Å². The highest BCUT2D eigenvalue weighted by atomic mass is 15.2. The van der Waals surface area contributed by atoms with Gasteiger partial charge < -0.3 is 10.6 Å². The van der Waals surface area contributed by atoms with Crippen molar-refractivity contribution in [1.82, 2.24) is 4.90 Å². The first-order valence-electron chi connectivity index (χ1n) is 3.51. The largest absolute Gasteiger partial charge is 0.386 e. The number of hydrogen-bond donors (Lipinski definition) is 1. The summed E-state index contributed by atoms with van der Waals surface area (Å²) < 4.78 is 0. The number of likely N-dealkylation sites (tertiary alicyclic amines) is 1. The first kappa shape index (κ1) is 6.46. The maximum absolute atomic E-state index is 5.67. The highest BCUT2D eigenvalue weighted by Gasteiger charge is 2.10. The smallest absolute Gasteiger partial charge is 0.0942 e. The molecule has 9 heavy (non-hydrogen) atoms. The Morgan fingerprint density at radius 3 is 2.44 bits per heavy atom. The highest BCUT2D eigenvalue weighted by molar-refractivity contribution is 4.95. The molecule has 2 heteroatoms. The Morgan fingerprint density at radius 2 is 2.00 bits per heavy atom. The van der Waals surface area contributed by atoms with Crippen molar-refractivity contribution in [1.29, 1.82) is 0 Å². The molecule has 0 aromatic rings. The molecular weight excluding hydrogens is 112 g/mol. The van der Waals surface area contributed by atoms with Crippen molar-refractivity contribution in [2.45, 2.75) is 19.8 Å². The molecule has 0 bridgehead atoms. The van der Waals surface area contributed by atoms with Crippen LogP contribution in [0.15, 0.2) is 11.9 Å². The topological polar surface area (TPSA) is 29.3 Å². The molecule has 0 saturated carbocycles. The van der Waals surface area contributed by atoms with Crippen LogP contribution in [-0.4, -0.2) is 18.0 Å². The van der Waals surface area contributed by atoms with Crippen LogP contribution in [0.2, 0.25) is 0 Å². The van der Waals surface area contributed by atoms with Crippen LogP contribution in [0.5, 0.6) is 0 Å². The van der Waals surface area contributed by atoms with E-state index in [1.807, 2.05) is 13.0 Å². The monoisotopic (exact) mass is 126 g/mol. The van der Waals surface area contributed by atoms with E-state index in [1.165, 1.54) is 12.8 Å². The Labute approximate surface area is 56.3 Å². The Morgan fingerprint density at radius 1 is 1.44 bits per heavy atom. The normalized spacial score (nSPS) is 21.0. The lowest BCUT2D eigenvalue weighted by Gasteiger charge is -2.16. The molecule has 0 atom stereocenters. The zero-order chi connectivity index (χ0) is 6.69. The third-order valence-corrected chi connectivity index (χ3v) is 1.77. The number of allylic oxidation sites excluding steroid dienone is 1. The van der Waals surface area contributed by atoms with Crippen LogP contribution in [-0.2, 0) is 0 Å². The minimum atomic E-state index is 0.938. The average Bonchev–Trinajstić information content (AvgIpc) is 2.37. The van der Waals surface area contributed by atoms with Gasteiger partial charge in [0.2, 0.25) is 0 Å². The van der Waals surface area contributed by atoms with Crippen molar-refractivity contribution in [3.63, 3.8) is 0 Å². The van der Waals surface area contributed by atoms with E-state index in [9.17, 15) is 0 Å². The van der Waals surface area contributed by atoms with Gasteiger partial charge in [-0.1, -0.05) is 0 Å². The van der Waals surface area contributed by atoms with Crippen molar-refractivity contribution >= 4 is 0 Å². The molecule has 1 heterocycles. The molecule has 0 spiro atoms. The van der Waals surface area contributed by atoms with Gasteiger partial charge >= 0.3 is 0 Å². The number of hydrogen-bond acceptors (Lipinski definition) is 2. The van der Waals surface area contributed by atoms with Gasteiger partial charge in [0.15, 0.2) is 0 Å². The van der Waals surface area contributed by atoms with Crippen LogP contribution in [0.4, 0.5) is 0 Å². The summed E-state index contributed by atoms with van der Waals surface area (Å²) >= 11 is 0. The van der Waals surface area contributed by atoms with Crippen LogP contribution < -0.4 is 5.73 Å². The molecule has 2 nitrogen and oxygen atoms in total. The Hall–Kier alpha value is -0.660. The summed E-state index contributed by atoms with van der Waals surface area (Å²) in [6.07, 6.45) is 4.56. The van der Waals surface area contributed by atoms with E-state index >= 15 is 0 Å². The van der Waals surface area contributed by atoms with Gasteiger partial charge in [-0.3, -0.25) is 0 Å². The Balaban J connectivity index is 2.42. The van der Waals surface area contributed by atoms with Gasteiger partial charge in [0.1, 0.15) is 0 Å². The molecule has 52 valence electrons. The van der Waals surface area contributed by atoms with Crippen LogP contribution in [0.25, 0.3) is 0 Å². The summed E-state index contributed by atoms with van der Waals surface area (Å²) in [5, 5.41) is 0. The van der Waals surface area contributed by atoms with Crippen LogP contribution in [0, 0.1) is 0 Å². The van der Waals surface area contributed by atoms with Gasteiger partial charge in [0.25, 0.3) is 0 Å². The van der Waals surface area contributed by atoms with E-state index in [2.05, 4.69) is 4.90 Å². The second-order valence-corrected chi connectivity index (χ2v) is 2.41. The van der Waals surface area contributed by atoms with E-state index in [1.54, 1.807) is 0 Å². The Kier molecular flexibility index (Phi) is 1.98. The van der Waals surface area contributed by atoms with Crippen molar-refractivity contribution in [2.75, 3.05) is 13.1 Å². The van der Waals surface area contributed by atoms with Crippen LogP contribution in [0.1, 0.15) is 19.8 Å². The average molecular weight is 126 g/mol. The van der Waals surface area contributed by atoms with E-state index < -0.39 is 0 Å². The van der Waals surface area contributed by atoms with Gasteiger partial charge in [-0.05, 0) is 25.8 Å². The van der Waals surface area contributed by atoms with E-state index in [-0.39, 0.29) is 0 Å². The summed E-state index contributed by atoms with van der Waals surface area (Å²) in [5.74, 6) is 0.938. The first-order valence-corrected chi connectivity index (χ1v) is 3.51. The van der Waals surface area contributed by atoms with E-state index in [0.717, 1.165) is 18.9 Å². The molecule has 1 aliphatic heterocycles. The van der Waals surface area contributed by atoms with Gasteiger partial charge in [-0.25, -0.2) is 0 Å². The zero-order valence-corrected chi connectivity index (χ0v) is 5.93. The van der Waals surface area contributed by atoms with Crippen molar-refractivity contribution < 1.29 is 0 Å². The molecule has 0 aromatic heterocycles. The van der Waals surface area contributed by atoms with E-state index in [4.69, 9.17) is 5.73 Å². The molecule has 0 aliphatic carbocycles. The van der Waals surface area contributed by atoms with E-state index in [0.29, 0.717) is 0 Å². The van der Waals surface area contributed by atoms with Gasteiger partial charge in [-0.2, -0.15) is 0 Å². The fourth-order valence-corrected chi connectivity index (χ4v) is 1.16. The summed E-state index contributed by atoms with van der Waals surface area (Å²) in [7, 11) is 0. The fraction of sp³-hybridized carbons (Fsp3) is 0.714. The summed E-state index contributed by atoms with van der Waals surface area (Å²) in [5.41, 5.74) is 5.67. The second-order valence-electron chi connectivity index (χ2n) is 2.41. The van der Waals surface area contributed by atoms with Crippen molar-refractivity contribution in [3.05, 3.63) is 11.9 Å². The first-order chi connectivity index (χ1) is 4.34. The maximum atomic E-state index is 5.67. The SMILES string of the molecule is CC=C(N)N1CCCC1. The zero-order valence-electron chi connectivity index (χ0n) is 5.93. The predicted octanol–water partition coefficient (Wildman–Crippen LogP) is 0.902. The Bertz CT molecular complexity index is 112. The molecule has 0 aromatic carbocycles. The molecule has 1 fully saturated rings. The molecule has 0 unspecified atom stereocenters. The maximum Gasteiger partial charge on any atom is 0.0942 e. The molecule has 1 saturated heterocycles. The lowest BCUT2D eigenvalue weighted by molar-refractivity contribution is 0.421. The standard InChI is InChI=1S/C7H14N2/c1-2-7(8)9-5-3-4-6-9/h2H,3-6,8H2,1H3. The number of nitrogens with zero attached hydrogens (tertiary/aromatic N) is 1. The van der Waals surface area contributed by atoms with Crippen molar-refractivity contribution in [3.8, 4) is 0 Å². The predicted molar refractivity (Wildman–Crippen MR) is 38.8 cm³/mol. The summed E-state index contributed by atoms with van der Waals surface area (Å²) in [4.78, 5) is 2.22. The molecular formula is C7H14N2. The molecule has 1 rings (SSSR count). The molecule has 2 N–H and O–H groups in total. The minimum Gasteiger partial charge on any atom is -0.386 e. The summed E-state index contributed by atoms with van der Waals surface area (Å²) in [6.45, 7) is 4.28. The van der Waals surface area contributed by atoms with Gasteiger partial charge in [0, 0.05) is 13.1 Å². The molecule has 0 amide bonds. The van der Waals surface area contributed by atoms with Gasteiger partial charge in [-0.15, -0.1) is 0 Å². The highest BCUT2D eigenvalue weighted by Crippen LogP contribution is 2.09. The third kappa shape index (κ3) is 1.37. The summed E-state index contributed by atoms with van der Waals surface area (Å²) in [6, 6.07) is 0. The van der Waals surface area contributed by atoms with Crippen LogP contribution in [0.3, 0.4) is 0 Å². The minimum absolute atomic E-state index is 0.938. The van der Waals surface area contributed by atoms with Crippen LogP contribution >= 0.6 is 0 Å². The third-order valence-electron chi connectivity index (χ3n) is 1.77. The fourth-order valence-electron chi connectivity index (χ4n) is 1.16. The lowest BCUT2D eigenvalue weighted by atomic mass is 10.4. The lowest BCUT2D eigenvalue weighted by Crippen LogP contribution is -2.23. The number of nitrogens with two attached hydrogens (primary N) is 1. The number of rotatable bonds is 1. The van der Waals surface area contributed by atoms with Crippen molar-refractivity contribution in [2.24, 2.45) is 5.73 Å². The quantitative estimate of drug-likeness (QED) is 0.565. The second kappa shape index (κ2) is 2.76. The molecule has 1 aliphatic rings. The molecule has 0 radical (unpaired) electrons.